The standard InChI is InChI=1S/C13H19N3S/c14-13(17)15-12-6-4-5-11(9-12)10-16-7-2-1-3-8-16/h4-6,9H,1-3,7-8,10H2,(H3,14,15,17). The molecule has 1 aliphatic rings. The van der Waals surface area contributed by atoms with Gasteiger partial charge in [0.15, 0.2) is 5.11 Å². The number of likely N-dealkylation sites (tertiary alicyclic amines) is 1. The smallest absolute Gasteiger partial charge is 0.168 e. The highest BCUT2D eigenvalue weighted by atomic mass is 32.1. The first-order chi connectivity index (χ1) is 8.24. The number of benzene rings is 1. The van der Waals surface area contributed by atoms with E-state index in [0.717, 1.165) is 12.2 Å². The Labute approximate surface area is 108 Å². The third-order valence-corrected chi connectivity index (χ3v) is 3.15. The molecular formula is C13H19N3S. The lowest BCUT2D eigenvalue weighted by atomic mass is 10.1. The summed E-state index contributed by atoms with van der Waals surface area (Å²) in [5, 5.41) is 3.29. The minimum absolute atomic E-state index is 0.320. The van der Waals surface area contributed by atoms with Gasteiger partial charge in [-0.1, -0.05) is 18.6 Å². The third-order valence-electron chi connectivity index (χ3n) is 3.05. The van der Waals surface area contributed by atoms with Gasteiger partial charge in [-0.2, -0.15) is 0 Å². The average molecular weight is 249 g/mol. The van der Waals surface area contributed by atoms with Crippen molar-refractivity contribution in [1.82, 2.24) is 4.90 Å². The summed E-state index contributed by atoms with van der Waals surface area (Å²) in [6.45, 7) is 3.45. The van der Waals surface area contributed by atoms with Gasteiger partial charge in [-0.15, -0.1) is 0 Å². The minimum atomic E-state index is 0.320. The first kappa shape index (κ1) is 12.3. The molecule has 0 atom stereocenters. The van der Waals surface area contributed by atoms with Gasteiger partial charge in [0.1, 0.15) is 0 Å². The lowest BCUT2D eigenvalue weighted by Gasteiger charge is -2.26. The number of rotatable bonds is 3. The largest absolute Gasteiger partial charge is 0.376 e. The van der Waals surface area contributed by atoms with Crippen LogP contribution < -0.4 is 11.1 Å². The summed E-state index contributed by atoms with van der Waals surface area (Å²) in [5.41, 5.74) is 7.76. The van der Waals surface area contributed by atoms with E-state index >= 15 is 0 Å². The Morgan fingerprint density at radius 3 is 2.76 bits per heavy atom. The molecule has 17 heavy (non-hydrogen) atoms. The molecule has 3 N–H and O–H groups in total. The monoisotopic (exact) mass is 249 g/mol. The molecular weight excluding hydrogens is 230 g/mol. The summed E-state index contributed by atoms with van der Waals surface area (Å²) in [7, 11) is 0. The van der Waals surface area contributed by atoms with E-state index in [4.69, 9.17) is 18.0 Å². The molecule has 1 fully saturated rings. The van der Waals surface area contributed by atoms with Gasteiger partial charge >= 0.3 is 0 Å². The maximum absolute atomic E-state index is 5.47. The molecule has 1 aliphatic heterocycles. The summed E-state index contributed by atoms with van der Waals surface area (Å²) in [6.07, 6.45) is 4.02. The van der Waals surface area contributed by atoms with Crippen LogP contribution in [0.2, 0.25) is 0 Å². The highest BCUT2D eigenvalue weighted by molar-refractivity contribution is 7.80. The van der Waals surface area contributed by atoms with E-state index < -0.39 is 0 Å². The topological polar surface area (TPSA) is 41.3 Å². The number of hydrogen-bond acceptors (Lipinski definition) is 2. The molecule has 0 bridgehead atoms. The number of piperidine rings is 1. The van der Waals surface area contributed by atoms with Crippen LogP contribution in [0.5, 0.6) is 0 Å². The molecule has 92 valence electrons. The zero-order valence-corrected chi connectivity index (χ0v) is 10.8. The number of hydrogen-bond donors (Lipinski definition) is 2. The van der Waals surface area contributed by atoms with Crippen molar-refractivity contribution in [2.45, 2.75) is 25.8 Å². The average Bonchev–Trinajstić information content (AvgIpc) is 2.30. The van der Waals surface area contributed by atoms with Gasteiger partial charge in [-0.3, -0.25) is 4.90 Å². The van der Waals surface area contributed by atoms with Gasteiger partial charge in [0.25, 0.3) is 0 Å². The Hall–Kier alpha value is -1.13. The Morgan fingerprint density at radius 2 is 2.06 bits per heavy atom. The number of nitrogens with two attached hydrogens (primary N) is 1. The fourth-order valence-corrected chi connectivity index (χ4v) is 2.38. The highest BCUT2D eigenvalue weighted by Crippen LogP contribution is 2.15. The summed E-state index contributed by atoms with van der Waals surface area (Å²) < 4.78 is 0. The molecule has 0 aromatic heterocycles. The van der Waals surface area contributed by atoms with E-state index in [1.807, 2.05) is 12.1 Å². The molecule has 1 aromatic carbocycles. The molecule has 0 amide bonds. The van der Waals surface area contributed by atoms with Crippen LogP contribution in [0.3, 0.4) is 0 Å². The lowest BCUT2D eigenvalue weighted by molar-refractivity contribution is 0.221. The van der Waals surface area contributed by atoms with Crippen LogP contribution in [0.1, 0.15) is 24.8 Å². The van der Waals surface area contributed by atoms with Crippen LogP contribution in [0.4, 0.5) is 5.69 Å². The normalized spacial score (nSPS) is 16.7. The van der Waals surface area contributed by atoms with Crippen molar-refractivity contribution in [3.63, 3.8) is 0 Å². The quantitative estimate of drug-likeness (QED) is 0.807. The van der Waals surface area contributed by atoms with Crippen LogP contribution in [0.15, 0.2) is 24.3 Å². The summed E-state index contributed by atoms with van der Waals surface area (Å²) in [4.78, 5) is 2.50. The molecule has 0 radical (unpaired) electrons. The Morgan fingerprint density at radius 1 is 1.29 bits per heavy atom. The molecule has 1 saturated heterocycles. The SMILES string of the molecule is NC(=S)Nc1cccc(CN2CCCCC2)c1. The van der Waals surface area contributed by atoms with Gasteiger partial charge in [0.2, 0.25) is 0 Å². The maximum Gasteiger partial charge on any atom is 0.168 e. The van der Waals surface area contributed by atoms with Gasteiger partial charge < -0.3 is 11.1 Å². The number of nitrogens with zero attached hydrogens (tertiary/aromatic N) is 1. The molecule has 0 spiro atoms. The van der Waals surface area contributed by atoms with Crippen molar-refractivity contribution in [2.75, 3.05) is 18.4 Å². The van der Waals surface area contributed by atoms with Crippen molar-refractivity contribution in [1.29, 1.82) is 0 Å². The predicted octanol–water partition coefficient (Wildman–Crippen LogP) is 2.33. The predicted molar refractivity (Wildman–Crippen MR) is 76.0 cm³/mol. The van der Waals surface area contributed by atoms with Gasteiger partial charge in [0.05, 0.1) is 0 Å². The van der Waals surface area contributed by atoms with Gasteiger partial charge in [-0.05, 0) is 55.8 Å². The molecule has 0 aliphatic carbocycles. The van der Waals surface area contributed by atoms with E-state index in [0.29, 0.717) is 5.11 Å². The zero-order valence-electron chi connectivity index (χ0n) is 9.98. The Balaban J connectivity index is 1.97. The van der Waals surface area contributed by atoms with Crippen LogP contribution >= 0.6 is 12.2 Å². The molecule has 0 unspecified atom stereocenters. The van der Waals surface area contributed by atoms with Gasteiger partial charge in [-0.25, -0.2) is 0 Å². The zero-order chi connectivity index (χ0) is 12.1. The second-order valence-corrected chi connectivity index (χ2v) is 4.97. The number of anilines is 1. The first-order valence-corrected chi connectivity index (χ1v) is 6.52. The fraction of sp³-hybridized carbons (Fsp3) is 0.462. The van der Waals surface area contributed by atoms with E-state index in [2.05, 4.69) is 22.3 Å². The molecule has 1 aromatic rings. The summed E-state index contributed by atoms with van der Waals surface area (Å²) in [5.74, 6) is 0. The Bertz CT molecular complexity index is 386. The first-order valence-electron chi connectivity index (χ1n) is 6.12. The van der Waals surface area contributed by atoms with Crippen molar-refractivity contribution in [2.24, 2.45) is 5.73 Å². The lowest BCUT2D eigenvalue weighted by Crippen LogP contribution is -2.29. The summed E-state index contributed by atoms with van der Waals surface area (Å²) >= 11 is 4.84. The number of nitrogens with one attached hydrogen (secondary N) is 1. The van der Waals surface area contributed by atoms with E-state index in [-0.39, 0.29) is 0 Å². The van der Waals surface area contributed by atoms with Crippen LogP contribution in [-0.2, 0) is 6.54 Å². The van der Waals surface area contributed by atoms with E-state index in [1.54, 1.807) is 0 Å². The van der Waals surface area contributed by atoms with Crippen molar-refractivity contribution < 1.29 is 0 Å². The highest BCUT2D eigenvalue weighted by Gasteiger charge is 2.10. The Kier molecular flexibility index (Phi) is 4.34. The molecule has 2 rings (SSSR count). The van der Waals surface area contributed by atoms with Crippen LogP contribution in [-0.4, -0.2) is 23.1 Å². The second kappa shape index (κ2) is 5.98. The second-order valence-electron chi connectivity index (χ2n) is 4.53. The molecule has 0 saturated carbocycles. The van der Waals surface area contributed by atoms with Crippen LogP contribution in [0, 0.1) is 0 Å². The van der Waals surface area contributed by atoms with Gasteiger partial charge in [0, 0.05) is 12.2 Å². The van der Waals surface area contributed by atoms with Crippen molar-refractivity contribution >= 4 is 23.0 Å². The van der Waals surface area contributed by atoms with E-state index in [1.165, 1.54) is 37.9 Å². The number of thiocarbonyl (C=S) groups is 1. The minimum Gasteiger partial charge on any atom is -0.376 e. The maximum atomic E-state index is 5.47. The molecule has 3 nitrogen and oxygen atoms in total. The molecule has 1 heterocycles. The van der Waals surface area contributed by atoms with Crippen molar-refractivity contribution in [3.05, 3.63) is 29.8 Å². The fourth-order valence-electron chi connectivity index (χ4n) is 2.27. The van der Waals surface area contributed by atoms with Crippen molar-refractivity contribution in [3.8, 4) is 0 Å². The van der Waals surface area contributed by atoms with E-state index in [9.17, 15) is 0 Å². The summed E-state index contributed by atoms with van der Waals surface area (Å²) in [6, 6.07) is 8.30. The third kappa shape index (κ3) is 3.98. The molecule has 4 heteroatoms. The van der Waals surface area contributed by atoms with Crippen LogP contribution in [0.25, 0.3) is 0 Å².